The molecule has 0 N–H and O–H groups in total. The number of thioether (sulfide) groups is 1. The quantitative estimate of drug-likeness (QED) is 0.739. The molecule has 0 bridgehead atoms. The highest BCUT2D eigenvalue weighted by molar-refractivity contribution is 7.98. The molecular formula is C11H20F3NOS. The number of hydrogen-bond acceptors (Lipinski definition) is 2. The highest BCUT2D eigenvalue weighted by Crippen LogP contribution is 2.28. The first-order chi connectivity index (χ1) is 7.63. The highest BCUT2D eigenvalue weighted by Gasteiger charge is 2.35. The van der Waals surface area contributed by atoms with Crippen LogP contribution in [0.2, 0.25) is 0 Å². The van der Waals surface area contributed by atoms with Gasteiger partial charge in [-0.2, -0.15) is 24.9 Å². The molecular weight excluding hydrogens is 251 g/mol. The van der Waals surface area contributed by atoms with Crippen LogP contribution >= 0.6 is 11.8 Å². The van der Waals surface area contributed by atoms with Crippen LogP contribution in [0.5, 0.6) is 0 Å². The Morgan fingerprint density at radius 3 is 2.12 bits per heavy atom. The van der Waals surface area contributed by atoms with E-state index in [2.05, 4.69) is 0 Å². The minimum atomic E-state index is -4.33. The van der Waals surface area contributed by atoms with E-state index >= 15 is 0 Å². The van der Waals surface area contributed by atoms with Crippen molar-refractivity contribution in [3.63, 3.8) is 0 Å². The van der Waals surface area contributed by atoms with Gasteiger partial charge in [-0.05, 0) is 18.1 Å². The molecule has 0 radical (unpaired) electrons. The van der Waals surface area contributed by atoms with Gasteiger partial charge in [0.15, 0.2) is 0 Å². The van der Waals surface area contributed by atoms with Gasteiger partial charge in [0.1, 0.15) is 6.54 Å². The van der Waals surface area contributed by atoms with E-state index < -0.39 is 18.6 Å². The third-order valence-electron chi connectivity index (χ3n) is 2.73. The van der Waals surface area contributed by atoms with Crippen molar-refractivity contribution in [3.8, 4) is 0 Å². The number of halogens is 3. The van der Waals surface area contributed by atoms with Crippen LogP contribution in [-0.2, 0) is 4.79 Å². The van der Waals surface area contributed by atoms with Gasteiger partial charge in [-0.3, -0.25) is 4.79 Å². The lowest BCUT2D eigenvalue weighted by atomic mass is 9.89. The monoisotopic (exact) mass is 271 g/mol. The molecule has 0 aromatic heterocycles. The number of alkyl halides is 3. The van der Waals surface area contributed by atoms with Gasteiger partial charge >= 0.3 is 6.18 Å². The summed E-state index contributed by atoms with van der Waals surface area (Å²) in [5, 5.41) is 0. The topological polar surface area (TPSA) is 20.3 Å². The van der Waals surface area contributed by atoms with Crippen molar-refractivity contribution in [3.05, 3.63) is 0 Å². The van der Waals surface area contributed by atoms with Gasteiger partial charge in [-0.15, -0.1) is 0 Å². The van der Waals surface area contributed by atoms with Gasteiger partial charge in [0.2, 0.25) is 5.91 Å². The molecule has 0 aliphatic carbocycles. The predicted octanol–water partition coefficient (Wildman–Crippen LogP) is 3.18. The third-order valence-corrected chi connectivity index (χ3v) is 3.72. The van der Waals surface area contributed by atoms with Gasteiger partial charge in [0.25, 0.3) is 0 Å². The van der Waals surface area contributed by atoms with E-state index in [1.165, 1.54) is 6.92 Å². The van der Waals surface area contributed by atoms with Crippen LogP contribution < -0.4 is 0 Å². The summed E-state index contributed by atoms with van der Waals surface area (Å²) in [6, 6.07) is 0. The predicted molar refractivity (Wildman–Crippen MR) is 65.1 cm³/mol. The van der Waals surface area contributed by atoms with Crippen molar-refractivity contribution in [2.24, 2.45) is 5.41 Å². The first kappa shape index (κ1) is 16.6. The normalized spacial score (nSPS) is 15.5. The molecule has 0 spiro atoms. The van der Waals surface area contributed by atoms with E-state index in [1.807, 2.05) is 20.1 Å². The van der Waals surface area contributed by atoms with Crippen LogP contribution in [0.3, 0.4) is 0 Å². The summed E-state index contributed by atoms with van der Waals surface area (Å²) < 4.78 is 37.0. The van der Waals surface area contributed by atoms with Crippen LogP contribution in [0.15, 0.2) is 0 Å². The Kier molecular flexibility index (Phi) is 6.37. The Labute approximate surface area is 105 Å². The Morgan fingerprint density at radius 2 is 1.82 bits per heavy atom. The maximum atomic E-state index is 12.3. The summed E-state index contributed by atoms with van der Waals surface area (Å²) in [6.45, 7) is 4.02. The Bertz CT molecular complexity index is 258. The summed E-state index contributed by atoms with van der Waals surface area (Å²) in [5.74, 6) is 0.216. The maximum Gasteiger partial charge on any atom is 0.406 e. The second-order valence-corrected chi connectivity index (χ2v) is 5.45. The SMILES string of the molecule is CCC(C)(CSC)CN(CC(F)(F)F)C(C)=O. The molecule has 0 aliphatic rings. The molecule has 17 heavy (non-hydrogen) atoms. The average molecular weight is 271 g/mol. The van der Waals surface area contributed by atoms with Gasteiger partial charge in [-0.25, -0.2) is 0 Å². The van der Waals surface area contributed by atoms with E-state index in [4.69, 9.17) is 0 Å². The lowest BCUT2D eigenvalue weighted by Gasteiger charge is -2.34. The average Bonchev–Trinajstić information content (AvgIpc) is 2.15. The highest BCUT2D eigenvalue weighted by atomic mass is 32.2. The second-order valence-electron chi connectivity index (χ2n) is 4.59. The number of rotatable bonds is 6. The summed E-state index contributed by atoms with van der Waals surface area (Å²) in [5.41, 5.74) is -0.268. The van der Waals surface area contributed by atoms with Crippen molar-refractivity contribution in [1.29, 1.82) is 0 Å². The lowest BCUT2D eigenvalue weighted by molar-refractivity contribution is -0.162. The van der Waals surface area contributed by atoms with E-state index in [0.717, 1.165) is 17.1 Å². The van der Waals surface area contributed by atoms with Crippen LogP contribution in [-0.4, -0.2) is 42.1 Å². The van der Waals surface area contributed by atoms with Gasteiger partial charge in [-0.1, -0.05) is 13.8 Å². The Balaban J connectivity index is 4.68. The van der Waals surface area contributed by atoms with E-state index in [0.29, 0.717) is 0 Å². The minimum absolute atomic E-state index is 0.152. The van der Waals surface area contributed by atoms with Crippen molar-refractivity contribution in [2.75, 3.05) is 25.1 Å². The van der Waals surface area contributed by atoms with E-state index in [9.17, 15) is 18.0 Å². The maximum absolute atomic E-state index is 12.3. The molecule has 2 nitrogen and oxygen atoms in total. The van der Waals surface area contributed by atoms with Crippen molar-refractivity contribution < 1.29 is 18.0 Å². The third kappa shape index (κ3) is 6.81. The van der Waals surface area contributed by atoms with Gasteiger partial charge < -0.3 is 4.90 Å². The smallest absolute Gasteiger partial charge is 0.333 e. The molecule has 0 aromatic carbocycles. The molecule has 0 rings (SSSR count). The first-order valence-corrected chi connectivity index (χ1v) is 6.84. The van der Waals surface area contributed by atoms with Crippen LogP contribution in [0, 0.1) is 5.41 Å². The Hall–Kier alpha value is -0.390. The molecule has 1 unspecified atom stereocenters. The molecule has 1 amide bonds. The zero-order chi connectivity index (χ0) is 13.7. The zero-order valence-corrected chi connectivity index (χ0v) is 11.5. The molecule has 0 heterocycles. The van der Waals surface area contributed by atoms with Gasteiger partial charge in [0.05, 0.1) is 0 Å². The largest absolute Gasteiger partial charge is 0.406 e. The number of amides is 1. The molecule has 1 atom stereocenters. The van der Waals surface area contributed by atoms with E-state index in [-0.39, 0.29) is 12.0 Å². The summed E-state index contributed by atoms with van der Waals surface area (Å²) in [4.78, 5) is 12.1. The summed E-state index contributed by atoms with van der Waals surface area (Å²) >= 11 is 1.59. The van der Waals surface area contributed by atoms with Gasteiger partial charge in [0, 0.05) is 19.2 Å². The molecule has 102 valence electrons. The fourth-order valence-corrected chi connectivity index (χ4v) is 2.56. The molecule has 0 saturated carbocycles. The van der Waals surface area contributed by atoms with E-state index in [1.54, 1.807) is 11.8 Å². The van der Waals surface area contributed by atoms with Crippen molar-refractivity contribution in [1.82, 2.24) is 4.90 Å². The zero-order valence-electron chi connectivity index (χ0n) is 10.7. The fraction of sp³-hybridized carbons (Fsp3) is 0.909. The summed E-state index contributed by atoms with van der Waals surface area (Å²) in [7, 11) is 0. The molecule has 0 fully saturated rings. The molecule has 0 aliphatic heterocycles. The van der Waals surface area contributed by atoms with Crippen LogP contribution in [0.25, 0.3) is 0 Å². The number of carbonyl (C=O) groups excluding carboxylic acids is 1. The summed E-state index contributed by atoms with van der Waals surface area (Å²) in [6.07, 6.45) is -1.68. The van der Waals surface area contributed by atoms with Crippen LogP contribution in [0.1, 0.15) is 27.2 Å². The number of nitrogens with zero attached hydrogens (tertiary/aromatic N) is 1. The minimum Gasteiger partial charge on any atom is -0.333 e. The Morgan fingerprint density at radius 1 is 1.29 bits per heavy atom. The molecule has 0 saturated heterocycles. The lowest BCUT2D eigenvalue weighted by Crippen LogP contribution is -2.44. The first-order valence-electron chi connectivity index (χ1n) is 5.45. The fourth-order valence-electron chi connectivity index (χ4n) is 1.56. The van der Waals surface area contributed by atoms with Crippen LogP contribution in [0.4, 0.5) is 13.2 Å². The second kappa shape index (κ2) is 6.52. The molecule has 0 aromatic rings. The molecule has 6 heteroatoms. The number of carbonyl (C=O) groups is 1. The van der Waals surface area contributed by atoms with Crippen molar-refractivity contribution in [2.45, 2.75) is 33.4 Å². The standard InChI is InChI=1S/C11H20F3NOS/c1-5-10(3,8-17-4)6-15(9(2)16)7-11(12,13)14/h5-8H2,1-4H3. The van der Waals surface area contributed by atoms with Crippen molar-refractivity contribution >= 4 is 17.7 Å². The number of hydrogen-bond donors (Lipinski definition) is 0.